The van der Waals surface area contributed by atoms with Crippen LogP contribution in [0, 0.1) is 5.92 Å². The minimum absolute atomic E-state index is 0.0687. The summed E-state index contributed by atoms with van der Waals surface area (Å²) in [6.45, 7) is 1.13. The van der Waals surface area contributed by atoms with E-state index in [1.807, 2.05) is 18.2 Å². The molecule has 2 atom stereocenters. The first-order valence-corrected chi connectivity index (χ1v) is 8.08. The lowest BCUT2D eigenvalue weighted by atomic mass is 9.93. The topological polar surface area (TPSA) is 86.4 Å². The molecule has 2 amide bonds. The van der Waals surface area contributed by atoms with Gasteiger partial charge in [-0.15, -0.1) is 0 Å². The number of rotatable bonds is 4. The van der Waals surface area contributed by atoms with Gasteiger partial charge in [-0.2, -0.15) is 0 Å². The molecule has 23 heavy (non-hydrogen) atoms. The number of thiocarbonyl (C=S) groups is 1. The molecule has 0 radical (unpaired) electrons. The third-order valence-electron chi connectivity index (χ3n) is 4.06. The maximum Gasteiger partial charge on any atom is 0.240 e. The monoisotopic (exact) mass is 333 g/mol. The highest BCUT2D eigenvalue weighted by Crippen LogP contribution is 2.21. The van der Waals surface area contributed by atoms with Crippen molar-refractivity contribution >= 4 is 29.1 Å². The normalized spacial score (nSPS) is 23.9. The van der Waals surface area contributed by atoms with Crippen molar-refractivity contribution in [2.75, 3.05) is 13.1 Å². The molecule has 122 valence electrons. The lowest BCUT2D eigenvalue weighted by molar-refractivity contribution is -0.138. The molecule has 0 aliphatic carbocycles. The number of pyridine rings is 1. The highest BCUT2D eigenvalue weighted by atomic mass is 32.1. The van der Waals surface area contributed by atoms with E-state index in [1.165, 1.54) is 4.90 Å². The largest absolute Gasteiger partial charge is 0.349 e. The van der Waals surface area contributed by atoms with E-state index in [0.717, 1.165) is 25.1 Å². The molecular weight excluding hydrogens is 314 g/mol. The van der Waals surface area contributed by atoms with Crippen molar-refractivity contribution in [3.05, 3.63) is 30.1 Å². The summed E-state index contributed by atoms with van der Waals surface area (Å²) in [6.07, 6.45) is 3.31. The van der Waals surface area contributed by atoms with Gasteiger partial charge in [0.15, 0.2) is 5.11 Å². The number of nitrogens with zero attached hydrogens (tertiary/aromatic N) is 2. The van der Waals surface area contributed by atoms with Gasteiger partial charge in [0.1, 0.15) is 6.54 Å². The third kappa shape index (κ3) is 3.65. The van der Waals surface area contributed by atoms with Crippen LogP contribution in [0.5, 0.6) is 0 Å². The first-order chi connectivity index (χ1) is 11.1. The molecule has 0 aromatic carbocycles. The van der Waals surface area contributed by atoms with Crippen LogP contribution in [0.25, 0.3) is 0 Å². The van der Waals surface area contributed by atoms with Gasteiger partial charge in [0.2, 0.25) is 11.8 Å². The summed E-state index contributed by atoms with van der Waals surface area (Å²) in [4.78, 5) is 30.1. The molecule has 3 N–H and O–H groups in total. The van der Waals surface area contributed by atoms with E-state index in [4.69, 9.17) is 12.2 Å². The van der Waals surface area contributed by atoms with Crippen molar-refractivity contribution < 1.29 is 9.59 Å². The molecule has 3 rings (SSSR count). The number of fused-ring (bicyclic) bond motifs is 1. The standard InChI is InChI=1S/C15H19N5O2S/c21-12(18-8-10-4-1-2-6-16-10)9-20-14(22)11-5-3-7-17-13(11)19-15(20)23/h1-2,4,6,11,13,17H,3,5,7-9H2,(H,18,21)(H,19,23). The van der Waals surface area contributed by atoms with Gasteiger partial charge < -0.3 is 10.6 Å². The average molecular weight is 333 g/mol. The third-order valence-corrected chi connectivity index (χ3v) is 4.40. The van der Waals surface area contributed by atoms with Gasteiger partial charge in [-0.05, 0) is 43.7 Å². The van der Waals surface area contributed by atoms with Gasteiger partial charge in [-0.25, -0.2) is 0 Å². The van der Waals surface area contributed by atoms with Crippen molar-refractivity contribution in [3.63, 3.8) is 0 Å². The number of piperidine rings is 1. The Hall–Kier alpha value is -2.06. The Labute approximate surface area is 139 Å². The predicted molar refractivity (Wildman–Crippen MR) is 88.0 cm³/mol. The molecule has 7 nitrogen and oxygen atoms in total. The van der Waals surface area contributed by atoms with Crippen LogP contribution in [0.2, 0.25) is 0 Å². The molecule has 1 aromatic heterocycles. The zero-order valence-corrected chi connectivity index (χ0v) is 13.4. The van der Waals surface area contributed by atoms with E-state index in [2.05, 4.69) is 20.9 Å². The van der Waals surface area contributed by atoms with E-state index in [1.54, 1.807) is 6.20 Å². The molecular formula is C15H19N5O2S. The molecule has 2 fully saturated rings. The Morgan fingerprint density at radius 1 is 1.48 bits per heavy atom. The number of carbonyl (C=O) groups is 2. The lowest BCUT2D eigenvalue weighted by Crippen LogP contribution is -2.66. The van der Waals surface area contributed by atoms with Gasteiger partial charge in [-0.1, -0.05) is 6.07 Å². The summed E-state index contributed by atoms with van der Waals surface area (Å²) in [5, 5.41) is 9.42. The van der Waals surface area contributed by atoms with Crippen LogP contribution in [-0.4, -0.2) is 46.1 Å². The fourth-order valence-corrected chi connectivity index (χ4v) is 3.14. The molecule has 0 spiro atoms. The molecule has 2 saturated heterocycles. The summed E-state index contributed by atoms with van der Waals surface area (Å²) >= 11 is 5.23. The van der Waals surface area contributed by atoms with Gasteiger partial charge in [0.05, 0.1) is 24.3 Å². The second-order valence-electron chi connectivity index (χ2n) is 5.65. The Kier molecular flexibility index (Phi) is 4.82. The highest BCUT2D eigenvalue weighted by Gasteiger charge is 2.40. The second kappa shape index (κ2) is 7.01. The van der Waals surface area contributed by atoms with Gasteiger partial charge in [0.25, 0.3) is 0 Å². The van der Waals surface area contributed by atoms with Gasteiger partial charge >= 0.3 is 0 Å². The number of amides is 2. The maximum absolute atomic E-state index is 12.5. The number of nitrogens with one attached hydrogen (secondary N) is 3. The fraction of sp³-hybridized carbons (Fsp3) is 0.467. The number of aromatic nitrogens is 1. The first kappa shape index (κ1) is 15.8. The maximum atomic E-state index is 12.5. The average Bonchev–Trinajstić information content (AvgIpc) is 2.58. The van der Waals surface area contributed by atoms with Crippen LogP contribution < -0.4 is 16.0 Å². The molecule has 0 saturated carbocycles. The van der Waals surface area contributed by atoms with Crippen molar-refractivity contribution in [1.82, 2.24) is 25.8 Å². The molecule has 3 heterocycles. The highest BCUT2D eigenvalue weighted by molar-refractivity contribution is 7.80. The molecule has 0 bridgehead atoms. The summed E-state index contributed by atoms with van der Waals surface area (Å²) in [7, 11) is 0. The summed E-state index contributed by atoms with van der Waals surface area (Å²) in [6, 6.07) is 5.51. The Morgan fingerprint density at radius 2 is 2.35 bits per heavy atom. The smallest absolute Gasteiger partial charge is 0.240 e. The van der Waals surface area contributed by atoms with Crippen LogP contribution in [0.15, 0.2) is 24.4 Å². The summed E-state index contributed by atoms with van der Waals surface area (Å²) in [5.41, 5.74) is 0.767. The van der Waals surface area contributed by atoms with Crippen LogP contribution in [0.1, 0.15) is 18.5 Å². The van der Waals surface area contributed by atoms with Crippen LogP contribution in [0.3, 0.4) is 0 Å². The zero-order chi connectivity index (χ0) is 16.2. The van der Waals surface area contributed by atoms with E-state index in [0.29, 0.717) is 11.7 Å². The predicted octanol–water partition coefficient (Wildman–Crippen LogP) is -0.260. The molecule has 1 aromatic rings. The van der Waals surface area contributed by atoms with E-state index in [9.17, 15) is 9.59 Å². The van der Waals surface area contributed by atoms with Crippen LogP contribution >= 0.6 is 12.2 Å². The fourth-order valence-electron chi connectivity index (χ4n) is 2.86. The first-order valence-electron chi connectivity index (χ1n) is 7.67. The molecule has 8 heteroatoms. The van der Waals surface area contributed by atoms with E-state index >= 15 is 0 Å². The number of hydrogen-bond donors (Lipinski definition) is 3. The summed E-state index contributed by atoms with van der Waals surface area (Å²) < 4.78 is 0. The quantitative estimate of drug-likeness (QED) is 0.658. The number of carbonyl (C=O) groups excluding carboxylic acids is 2. The Bertz CT molecular complexity index is 609. The van der Waals surface area contributed by atoms with Gasteiger partial charge in [0, 0.05) is 6.20 Å². The summed E-state index contributed by atoms with van der Waals surface area (Å²) in [5.74, 6) is -0.506. The molecule has 2 aliphatic heterocycles. The Balaban J connectivity index is 1.57. The molecule has 2 unspecified atom stereocenters. The van der Waals surface area contributed by atoms with Gasteiger partial charge in [-0.3, -0.25) is 24.8 Å². The SMILES string of the molecule is O=C(CN1C(=O)C2CCCNC2NC1=S)NCc1ccccn1. The van der Waals surface area contributed by atoms with Crippen molar-refractivity contribution in [3.8, 4) is 0 Å². The minimum atomic E-state index is -0.254. The van der Waals surface area contributed by atoms with E-state index < -0.39 is 0 Å². The molecule has 2 aliphatic rings. The zero-order valence-electron chi connectivity index (χ0n) is 12.6. The van der Waals surface area contributed by atoms with Crippen LogP contribution in [-0.2, 0) is 16.1 Å². The second-order valence-corrected chi connectivity index (χ2v) is 6.04. The Morgan fingerprint density at radius 3 is 3.13 bits per heavy atom. The minimum Gasteiger partial charge on any atom is -0.349 e. The van der Waals surface area contributed by atoms with Crippen molar-refractivity contribution in [1.29, 1.82) is 0 Å². The number of hydrogen-bond acceptors (Lipinski definition) is 5. The van der Waals surface area contributed by atoms with Crippen molar-refractivity contribution in [2.24, 2.45) is 5.92 Å². The van der Waals surface area contributed by atoms with E-state index in [-0.39, 0.29) is 30.4 Å². The van der Waals surface area contributed by atoms with Crippen molar-refractivity contribution in [2.45, 2.75) is 25.6 Å². The van der Waals surface area contributed by atoms with Crippen LogP contribution in [0.4, 0.5) is 0 Å². The lowest BCUT2D eigenvalue weighted by Gasteiger charge is -2.41.